The van der Waals surface area contributed by atoms with Crippen LogP contribution in [0.1, 0.15) is 0 Å². The summed E-state index contributed by atoms with van der Waals surface area (Å²) in [7, 11) is 0. The first-order valence-electron chi connectivity index (χ1n) is 4.30. The summed E-state index contributed by atoms with van der Waals surface area (Å²) in [5.41, 5.74) is 1.51. The topological polar surface area (TPSA) is 46.3 Å². The van der Waals surface area contributed by atoms with Gasteiger partial charge in [-0.25, -0.2) is 0 Å². The van der Waals surface area contributed by atoms with E-state index in [1.807, 2.05) is 6.07 Å². The number of fused-ring (bicyclic) bond motifs is 3. The van der Waals surface area contributed by atoms with Crippen molar-refractivity contribution < 1.29 is 9.52 Å². The minimum absolute atomic E-state index is 0.247. The molecule has 0 saturated carbocycles. The second-order valence-electron chi connectivity index (χ2n) is 3.15. The van der Waals surface area contributed by atoms with Crippen molar-refractivity contribution in [3.05, 3.63) is 36.7 Å². The molecule has 0 radical (unpaired) electrons. The van der Waals surface area contributed by atoms with Gasteiger partial charge in [0.1, 0.15) is 11.3 Å². The molecule has 2 heterocycles. The highest BCUT2D eigenvalue weighted by molar-refractivity contribution is 6.04. The van der Waals surface area contributed by atoms with Gasteiger partial charge in [-0.05, 0) is 24.3 Å². The quantitative estimate of drug-likeness (QED) is 0.585. The average molecular weight is 185 g/mol. The van der Waals surface area contributed by atoms with Gasteiger partial charge in [0.05, 0.1) is 6.20 Å². The Morgan fingerprint density at radius 3 is 2.93 bits per heavy atom. The first kappa shape index (κ1) is 7.38. The van der Waals surface area contributed by atoms with Crippen LogP contribution >= 0.6 is 0 Å². The Morgan fingerprint density at radius 2 is 2.00 bits per heavy atom. The summed E-state index contributed by atoms with van der Waals surface area (Å²) in [5.74, 6) is 0.247. The summed E-state index contributed by atoms with van der Waals surface area (Å²) in [4.78, 5) is 3.97. The number of phenols is 1. The second-order valence-corrected chi connectivity index (χ2v) is 3.15. The molecule has 3 rings (SSSR count). The van der Waals surface area contributed by atoms with E-state index in [4.69, 9.17) is 4.42 Å². The Bertz CT molecular complexity index is 613. The number of phenolic OH excluding ortho intramolecular Hbond substituents is 1. The van der Waals surface area contributed by atoms with Gasteiger partial charge in [-0.3, -0.25) is 4.98 Å². The Balaban J connectivity index is 2.58. The van der Waals surface area contributed by atoms with E-state index < -0.39 is 0 Å². The first-order valence-corrected chi connectivity index (χ1v) is 4.30. The van der Waals surface area contributed by atoms with Crippen LogP contribution in [-0.4, -0.2) is 10.1 Å². The normalized spacial score (nSPS) is 11.1. The van der Waals surface area contributed by atoms with Crippen molar-refractivity contribution in [2.24, 2.45) is 0 Å². The zero-order chi connectivity index (χ0) is 9.54. The van der Waals surface area contributed by atoms with Crippen molar-refractivity contribution in [3.63, 3.8) is 0 Å². The molecule has 68 valence electrons. The summed E-state index contributed by atoms with van der Waals surface area (Å²) in [6.07, 6.45) is 3.38. The Morgan fingerprint density at radius 1 is 1.07 bits per heavy atom. The predicted octanol–water partition coefficient (Wildman–Crippen LogP) is 2.69. The third-order valence-corrected chi connectivity index (χ3v) is 2.26. The predicted molar refractivity (Wildman–Crippen MR) is 53.2 cm³/mol. The number of hydrogen-bond donors (Lipinski definition) is 1. The number of hydrogen-bond acceptors (Lipinski definition) is 3. The summed E-state index contributed by atoms with van der Waals surface area (Å²) in [6.45, 7) is 0. The molecule has 3 nitrogen and oxygen atoms in total. The lowest BCUT2D eigenvalue weighted by Gasteiger charge is -1.90. The summed E-state index contributed by atoms with van der Waals surface area (Å²) < 4.78 is 5.53. The van der Waals surface area contributed by atoms with E-state index in [1.54, 1.807) is 30.6 Å². The Kier molecular flexibility index (Phi) is 1.31. The molecule has 1 N–H and O–H groups in total. The summed E-state index contributed by atoms with van der Waals surface area (Å²) >= 11 is 0. The van der Waals surface area contributed by atoms with E-state index in [2.05, 4.69) is 4.98 Å². The molecule has 0 aliphatic carbocycles. The second kappa shape index (κ2) is 2.48. The maximum Gasteiger partial charge on any atom is 0.153 e. The smallest absolute Gasteiger partial charge is 0.153 e. The molecule has 3 aromatic rings. The molecule has 1 aromatic carbocycles. The molecule has 0 amide bonds. The molecule has 0 bridgehead atoms. The monoisotopic (exact) mass is 185 g/mol. The van der Waals surface area contributed by atoms with Crippen molar-refractivity contribution >= 4 is 21.9 Å². The highest BCUT2D eigenvalue weighted by Crippen LogP contribution is 2.29. The number of nitrogens with zero attached hydrogens (tertiary/aromatic N) is 1. The molecular weight excluding hydrogens is 178 g/mol. The van der Waals surface area contributed by atoms with Crippen molar-refractivity contribution in [2.45, 2.75) is 0 Å². The number of aromatic hydroxyl groups is 1. The van der Waals surface area contributed by atoms with Gasteiger partial charge in [-0.1, -0.05) is 0 Å². The van der Waals surface area contributed by atoms with Gasteiger partial charge in [0.15, 0.2) is 5.58 Å². The van der Waals surface area contributed by atoms with Crippen molar-refractivity contribution in [2.75, 3.05) is 0 Å². The van der Waals surface area contributed by atoms with E-state index in [1.165, 1.54) is 0 Å². The SMILES string of the molecule is Oc1ccc2oc3cnccc3c2c1. The number of benzene rings is 1. The van der Waals surface area contributed by atoms with Crippen molar-refractivity contribution in [1.82, 2.24) is 4.98 Å². The Labute approximate surface area is 79.6 Å². The molecule has 2 aromatic heterocycles. The molecule has 0 fully saturated rings. The lowest BCUT2D eigenvalue weighted by molar-refractivity contribution is 0.476. The van der Waals surface area contributed by atoms with Gasteiger partial charge in [0.2, 0.25) is 0 Å². The number of pyridine rings is 1. The number of furan rings is 1. The van der Waals surface area contributed by atoms with Crippen LogP contribution in [0.15, 0.2) is 41.1 Å². The fourth-order valence-electron chi connectivity index (χ4n) is 1.62. The number of rotatable bonds is 0. The first-order chi connectivity index (χ1) is 6.84. The summed E-state index contributed by atoms with van der Waals surface area (Å²) in [6, 6.07) is 6.94. The zero-order valence-electron chi connectivity index (χ0n) is 7.27. The fourth-order valence-corrected chi connectivity index (χ4v) is 1.62. The van der Waals surface area contributed by atoms with Crippen LogP contribution < -0.4 is 0 Å². The lowest BCUT2D eigenvalue weighted by Crippen LogP contribution is -1.68. The maximum atomic E-state index is 9.35. The minimum atomic E-state index is 0.247. The molecule has 0 saturated heterocycles. The van der Waals surface area contributed by atoms with Gasteiger partial charge in [0.25, 0.3) is 0 Å². The molecule has 14 heavy (non-hydrogen) atoms. The summed E-state index contributed by atoms with van der Waals surface area (Å²) in [5, 5.41) is 11.2. The number of aromatic nitrogens is 1. The van der Waals surface area contributed by atoms with Crippen LogP contribution in [0.4, 0.5) is 0 Å². The molecule has 0 atom stereocenters. The van der Waals surface area contributed by atoms with E-state index >= 15 is 0 Å². The van der Waals surface area contributed by atoms with Gasteiger partial charge < -0.3 is 9.52 Å². The molecular formula is C11H7NO2. The van der Waals surface area contributed by atoms with Crippen LogP contribution in [0, 0.1) is 0 Å². The van der Waals surface area contributed by atoms with E-state index in [9.17, 15) is 5.11 Å². The minimum Gasteiger partial charge on any atom is -0.508 e. The van der Waals surface area contributed by atoms with Gasteiger partial charge in [-0.2, -0.15) is 0 Å². The van der Waals surface area contributed by atoms with Crippen LogP contribution in [-0.2, 0) is 0 Å². The van der Waals surface area contributed by atoms with Crippen LogP contribution in [0.25, 0.3) is 21.9 Å². The standard InChI is InChI=1S/C11H7NO2/c13-7-1-2-10-9(5-7)8-3-4-12-6-11(8)14-10/h1-6,13H. The van der Waals surface area contributed by atoms with Gasteiger partial charge >= 0.3 is 0 Å². The van der Waals surface area contributed by atoms with E-state index in [-0.39, 0.29) is 5.75 Å². The largest absolute Gasteiger partial charge is 0.508 e. The molecule has 0 spiro atoms. The molecule has 0 aliphatic heterocycles. The van der Waals surface area contributed by atoms with Crippen molar-refractivity contribution in [3.8, 4) is 5.75 Å². The molecule has 3 heteroatoms. The van der Waals surface area contributed by atoms with Crippen LogP contribution in [0.2, 0.25) is 0 Å². The third kappa shape index (κ3) is 0.893. The molecule has 0 aliphatic rings. The zero-order valence-corrected chi connectivity index (χ0v) is 7.27. The maximum absolute atomic E-state index is 9.35. The van der Waals surface area contributed by atoms with Crippen LogP contribution in [0.3, 0.4) is 0 Å². The highest BCUT2D eigenvalue weighted by Gasteiger charge is 2.06. The van der Waals surface area contributed by atoms with E-state index in [0.29, 0.717) is 0 Å². The van der Waals surface area contributed by atoms with Crippen LogP contribution in [0.5, 0.6) is 5.75 Å². The van der Waals surface area contributed by atoms with Gasteiger partial charge in [0, 0.05) is 17.0 Å². The Hall–Kier alpha value is -2.03. The third-order valence-electron chi connectivity index (χ3n) is 2.26. The highest BCUT2D eigenvalue weighted by atomic mass is 16.3. The molecule has 0 unspecified atom stereocenters. The van der Waals surface area contributed by atoms with E-state index in [0.717, 1.165) is 21.9 Å². The van der Waals surface area contributed by atoms with Gasteiger partial charge in [-0.15, -0.1) is 0 Å². The fraction of sp³-hybridized carbons (Fsp3) is 0. The van der Waals surface area contributed by atoms with Crippen molar-refractivity contribution in [1.29, 1.82) is 0 Å². The lowest BCUT2D eigenvalue weighted by atomic mass is 10.2. The average Bonchev–Trinajstić information content (AvgIpc) is 2.56.